The maximum atomic E-state index is 12.4. The van der Waals surface area contributed by atoms with E-state index in [0.717, 1.165) is 0 Å². The minimum atomic E-state index is -3.66. The van der Waals surface area contributed by atoms with Crippen LogP contribution in [0.1, 0.15) is 12.8 Å². The molecular weight excluding hydrogens is 304 g/mol. The first-order chi connectivity index (χ1) is 9.46. The van der Waals surface area contributed by atoms with Crippen molar-refractivity contribution in [1.29, 1.82) is 0 Å². The maximum Gasteiger partial charge on any atom is 0.308 e. The van der Waals surface area contributed by atoms with E-state index in [1.54, 1.807) is 0 Å². The average molecular weight is 319 g/mol. The van der Waals surface area contributed by atoms with Gasteiger partial charge >= 0.3 is 5.97 Å². The van der Waals surface area contributed by atoms with Crippen LogP contribution in [0.15, 0.2) is 23.2 Å². The minimum Gasteiger partial charge on any atom is -0.469 e. The Kier molecular flexibility index (Phi) is 4.62. The second kappa shape index (κ2) is 6.07. The van der Waals surface area contributed by atoms with E-state index in [1.165, 1.54) is 29.7 Å². The van der Waals surface area contributed by atoms with Crippen molar-refractivity contribution in [3.05, 3.63) is 23.5 Å². The highest BCUT2D eigenvalue weighted by molar-refractivity contribution is 7.89. The lowest BCUT2D eigenvalue weighted by Crippen LogP contribution is -2.40. The summed E-state index contributed by atoms with van der Waals surface area (Å²) >= 11 is 5.84. The highest BCUT2D eigenvalue weighted by Gasteiger charge is 2.33. The van der Waals surface area contributed by atoms with Crippen molar-refractivity contribution < 1.29 is 17.9 Å². The molecule has 0 atom stereocenters. The van der Waals surface area contributed by atoms with Crippen molar-refractivity contribution in [2.75, 3.05) is 20.2 Å². The molecule has 0 radical (unpaired) electrons. The number of nitrogens with zero attached hydrogens (tertiary/aromatic N) is 2. The number of methoxy groups -OCH3 is 1. The van der Waals surface area contributed by atoms with Gasteiger partial charge in [0.1, 0.15) is 10.0 Å². The molecule has 6 nitrogen and oxygen atoms in total. The molecule has 0 unspecified atom stereocenters. The number of sulfonamides is 1. The standard InChI is InChI=1S/C12H15ClN2O4S/c1-19-12(16)9-4-7-15(8-5-9)20(17,18)10-3-2-6-14-11(10)13/h2-3,6,9H,4-5,7-8H2,1H3. The molecule has 0 saturated carbocycles. The van der Waals surface area contributed by atoms with E-state index in [2.05, 4.69) is 9.72 Å². The topological polar surface area (TPSA) is 76.6 Å². The number of esters is 1. The average Bonchev–Trinajstić information content (AvgIpc) is 2.47. The molecule has 0 aliphatic carbocycles. The lowest BCUT2D eigenvalue weighted by Gasteiger charge is -2.29. The Morgan fingerprint density at radius 3 is 2.65 bits per heavy atom. The Morgan fingerprint density at radius 2 is 2.10 bits per heavy atom. The predicted octanol–water partition coefficient (Wildman–Crippen LogP) is 1.31. The van der Waals surface area contributed by atoms with Gasteiger partial charge in [0.05, 0.1) is 13.0 Å². The molecule has 8 heteroatoms. The zero-order valence-corrected chi connectivity index (χ0v) is 12.5. The predicted molar refractivity (Wildman–Crippen MR) is 72.7 cm³/mol. The fourth-order valence-corrected chi connectivity index (χ4v) is 4.10. The second-order valence-electron chi connectivity index (χ2n) is 4.49. The Balaban J connectivity index is 2.14. The van der Waals surface area contributed by atoms with Crippen molar-refractivity contribution in [1.82, 2.24) is 9.29 Å². The van der Waals surface area contributed by atoms with E-state index in [1.807, 2.05) is 0 Å². The van der Waals surface area contributed by atoms with E-state index in [4.69, 9.17) is 11.6 Å². The third kappa shape index (κ3) is 2.94. The number of halogens is 1. The summed E-state index contributed by atoms with van der Waals surface area (Å²) in [6.07, 6.45) is 2.33. The molecule has 1 aromatic heterocycles. The van der Waals surface area contributed by atoms with Gasteiger partial charge in [-0.15, -0.1) is 0 Å². The number of ether oxygens (including phenoxy) is 1. The molecule has 110 valence electrons. The van der Waals surface area contributed by atoms with Gasteiger partial charge in [0.25, 0.3) is 0 Å². The SMILES string of the molecule is COC(=O)C1CCN(S(=O)(=O)c2cccnc2Cl)CC1. The lowest BCUT2D eigenvalue weighted by molar-refractivity contribution is -0.146. The summed E-state index contributed by atoms with van der Waals surface area (Å²) in [5, 5.41) is -0.0393. The van der Waals surface area contributed by atoms with Gasteiger partial charge in [-0.3, -0.25) is 4.79 Å². The van der Waals surface area contributed by atoms with Crippen LogP contribution in [0.5, 0.6) is 0 Å². The highest BCUT2D eigenvalue weighted by Crippen LogP contribution is 2.27. The highest BCUT2D eigenvalue weighted by atomic mass is 35.5. The summed E-state index contributed by atoms with van der Waals surface area (Å²) in [5.74, 6) is -0.530. The number of carbonyl (C=O) groups is 1. The number of carbonyl (C=O) groups excluding carboxylic acids is 1. The zero-order chi connectivity index (χ0) is 14.8. The van der Waals surface area contributed by atoms with Gasteiger partial charge in [0.15, 0.2) is 0 Å². The van der Waals surface area contributed by atoms with Crippen LogP contribution in [0.4, 0.5) is 0 Å². The van der Waals surface area contributed by atoms with Gasteiger partial charge in [-0.1, -0.05) is 11.6 Å². The molecule has 0 N–H and O–H groups in total. The summed E-state index contributed by atoms with van der Waals surface area (Å²) < 4.78 is 30.9. The van der Waals surface area contributed by atoms with Crippen LogP contribution < -0.4 is 0 Å². The smallest absolute Gasteiger partial charge is 0.308 e. The number of hydrogen-bond acceptors (Lipinski definition) is 5. The Morgan fingerprint density at radius 1 is 1.45 bits per heavy atom. The number of piperidine rings is 1. The monoisotopic (exact) mass is 318 g/mol. The summed E-state index contributed by atoms with van der Waals surface area (Å²) in [4.78, 5) is 15.2. The summed E-state index contributed by atoms with van der Waals surface area (Å²) in [7, 11) is -2.33. The Bertz CT molecular complexity index is 597. The Hall–Kier alpha value is -1.18. The van der Waals surface area contributed by atoms with Gasteiger partial charge < -0.3 is 4.74 Å². The number of pyridine rings is 1. The fraction of sp³-hybridized carbons (Fsp3) is 0.500. The van der Waals surface area contributed by atoms with Crippen LogP contribution in [0, 0.1) is 5.92 Å². The normalized spacial score (nSPS) is 17.9. The molecule has 0 bridgehead atoms. The van der Waals surface area contributed by atoms with Crippen molar-refractivity contribution in [2.45, 2.75) is 17.7 Å². The number of rotatable bonds is 3. The van der Waals surface area contributed by atoms with E-state index in [0.29, 0.717) is 12.8 Å². The number of hydrogen-bond donors (Lipinski definition) is 0. The van der Waals surface area contributed by atoms with Gasteiger partial charge in [0, 0.05) is 19.3 Å². The fourth-order valence-electron chi connectivity index (χ4n) is 2.20. The molecule has 1 fully saturated rings. The molecule has 1 aliphatic rings. The van der Waals surface area contributed by atoms with E-state index in [9.17, 15) is 13.2 Å². The molecule has 1 aliphatic heterocycles. The van der Waals surface area contributed by atoms with Crippen LogP contribution >= 0.6 is 11.6 Å². The van der Waals surface area contributed by atoms with Crippen LogP contribution in [0.25, 0.3) is 0 Å². The molecule has 2 heterocycles. The third-order valence-electron chi connectivity index (χ3n) is 3.33. The summed E-state index contributed by atoms with van der Waals surface area (Å²) in [5.41, 5.74) is 0. The Labute approximate surface area is 122 Å². The summed E-state index contributed by atoms with van der Waals surface area (Å²) in [6.45, 7) is 0.542. The van der Waals surface area contributed by atoms with Crippen LogP contribution in [-0.2, 0) is 19.6 Å². The summed E-state index contributed by atoms with van der Waals surface area (Å²) in [6, 6.07) is 2.96. The first kappa shape index (κ1) is 15.2. The maximum absolute atomic E-state index is 12.4. The molecule has 1 saturated heterocycles. The minimum absolute atomic E-state index is 0.00168. The van der Waals surface area contributed by atoms with Gasteiger partial charge in [-0.25, -0.2) is 13.4 Å². The van der Waals surface area contributed by atoms with E-state index >= 15 is 0 Å². The van der Waals surface area contributed by atoms with Gasteiger partial charge in [0.2, 0.25) is 10.0 Å². The van der Waals surface area contributed by atoms with Gasteiger partial charge in [-0.05, 0) is 25.0 Å². The molecular formula is C12H15ClN2O4S. The van der Waals surface area contributed by atoms with Crippen molar-refractivity contribution in [3.63, 3.8) is 0 Å². The molecule has 20 heavy (non-hydrogen) atoms. The largest absolute Gasteiger partial charge is 0.469 e. The molecule has 1 aromatic rings. The lowest BCUT2D eigenvalue weighted by atomic mass is 9.99. The molecule has 0 amide bonds. The van der Waals surface area contributed by atoms with E-state index < -0.39 is 10.0 Å². The van der Waals surface area contributed by atoms with Crippen molar-refractivity contribution >= 4 is 27.6 Å². The zero-order valence-electron chi connectivity index (χ0n) is 11.0. The molecule has 0 spiro atoms. The first-order valence-corrected chi connectivity index (χ1v) is 7.97. The van der Waals surface area contributed by atoms with Crippen LogP contribution in [0.2, 0.25) is 5.15 Å². The second-order valence-corrected chi connectivity index (χ2v) is 6.76. The van der Waals surface area contributed by atoms with E-state index in [-0.39, 0.29) is 35.0 Å². The molecule has 2 rings (SSSR count). The quantitative estimate of drug-likeness (QED) is 0.620. The molecule has 0 aromatic carbocycles. The van der Waals surface area contributed by atoms with Gasteiger partial charge in [-0.2, -0.15) is 4.31 Å². The van der Waals surface area contributed by atoms with Crippen LogP contribution in [-0.4, -0.2) is 43.9 Å². The third-order valence-corrected chi connectivity index (χ3v) is 5.67. The van der Waals surface area contributed by atoms with Crippen LogP contribution in [0.3, 0.4) is 0 Å². The van der Waals surface area contributed by atoms with Crippen molar-refractivity contribution in [2.24, 2.45) is 5.92 Å². The first-order valence-electron chi connectivity index (χ1n) is 6.15. The number of aromatic nitrogens is 1. The van der Waals surface area contributed by atoms with Crippen molar-refractivity contribution in [3.8, 4) is 0 Å².